The van der Waals surface area contributed by atoms with Crippen molar-refractivity contribution in [1.29, 1.82) is 0 Å². The van der Waals surface area contributed by atoms with Crippen LogP contribution in [-0.4, -0.2) is 47.9 Å². The van der Waals surface area contributed by atoms with Gasteiger partial charge >= 0.3 is 12.2 Å². The molecule has 0 unspecified atom stereocenters. The highest BCUT2D eigenvalue weighted by molar-refractivity contribution is 5.86. The topological polar surface area (TPSA) is 101 Å². The van der Waals surface area contributed by atoms with Crippen LogP contribution in [0.1, 0.15) is 29.5 Å². The average Bonchev–Trinajstić information content (AvgIpc) is 2.86. The summed E-state index contributed by atoms with van der Waals surface area (Å²) in [6, 6.07) is 1.86. The number of hydrogen-bond acceptors (Lipinski definition) is 6. The number of ether oxygens (including phenoxy) is 3. The van der Waals surface area contributed by atoms with E-state index >= 15 is 0 Å². The second-order valence-electron chi connectivity index (χ2n) is 6.04. The molecule has 2 aliphatic heterocycles. The number of amides is 2. The number of allylic oxidation sites excluding steroid dienone is 2. The minimum atomic E-state index is -1.06. The van der Waals surface area contributed by atoms with Crippen molar-refractivity contribution in [3.63, 3.8) is 0 Å². The van der Waals surface area contributed by atoms with E-state index in [1.54, 1.807) is 18.4 Å². The first kappa shape index (κ1) is 18.9. The van der Waals surface area contributed by atoms with Crippen LogP contribution in [0.25, 0.3) is 0 Å². The molecule has 1 aromatic heterocycles. The van der Waals surface area contributed by atoms with E-state index in [2.05, 4.69) is 4.98 Å². The van der Waals surface area contributed by atoms with Gasteiger partial charge in [0.25, 0.3) is 0 Å². The Bertz CT molecular complexity index is 788. The van der Waals surface area contributed by atoms with Gasteiger partial charge in [-0.25, -0.2) is 14.6 Å². The second kappa shape index (κ2) is 8.19. The lowest BCUT2D eigenvalue weighted by Crippen LogP contribution is -2.36. The summed E-state index contributed by atoms with van der Waals surface area (Å²) in [6.45, 7) is 0.564. The predicted octanol–water partition coefficient (Wildman–Crippen LogP) is 2.78. The van der Waals surface area contributed by atoms with Crippen molar-refractivity contribution in [2.24, 2.45) is 0 Å². The van der Waals surface area contributed by atoms with E-state index < -0.39 is 18.5 Å². The summed E-state index contributed by atoms with van der Waals surface area (Å²) in [4.78, 5) is 30.8. The molecule has 3 rings (SSSR count). The van der Waals surface area contributed by atoms with Gasteiger partial charge in [0.1, 0.15) is 11.5 Å². The fourth-order valence-electron chi connectivity index (χ4n) is 3.12. The molecule has 0 fully saturated rings. The molecule has 9 nitrogen and oxygen atoms in total. The van der Waals surface area contributed by atoms with Gasteiger partial charge in [-0.3, -0.25) is 9.80 Å². The molecular weight excluding hydrogens is 354 g/mol. The number of nitrogens with zero attached hydrogens (tertiary/aromatic N) is 3. The van der Waals surface area contributed by atoms with Gasteiger partial charge in [-0.15, -0.1) is 0 Å². The molecule has 1 aromatic rings. The molecule has 0 aromatic carbocycles. The van der Waals surface area contributed by atoms with E-state index in [1.807, 2.05) is 6.07 Å². The zero-order valence-corrected chi connectivity index (χ0v) is 15.1. The Hall–Kier alpha value is -2.91. The highest BCUT2D eigenvalue weighted by Gasteiger charge is 2.28. The third-order valence-electron chi connectivity index (χ3n) is 4.36. The summed E-state index contributed by atoms with van der Waals surface area (Å²) in [5.74, 6) is 0.377. The number of rotatable bonds is 5. The molecule has 144 valence electrons. The van der Waals surface area contributed by atoms with Crippen molar-refractivity contribution in [2.75, 3.05) is 25.7 Å². The zero-order valence-electron chi connectivity index (χ0n) is 15.1. The second-order valence-corrected chi connectivity index (χ2v) is 6.04. The Morgan fingerprint density at radius 3 is 2.85 bits per heavy atom. The number of pyridine rings is 1. The maximum atomic E-state index is 12.1. The minimum Gasteiger partial charge on any atom is -0.465 e. The average molecular weight is 375 g/mol. The molecule has 0 saturated heterocycles. The number of carbonyl (C=O) groups is 2. The largest absolute Gasteiger partial charge is 0.465 e. The van der Waals surface area contributed by atoms with Crippen LogP contribution >= 0.6 is 0 Å². The van der Waals surface area contributed by atoms with Gasteiger partial charge in [-0.2, -0.15) is 0 Å². The van der Waals surface area contributed by atoms with Gasteiger partial charge in [0.15, 0.2) is 0 Å². The van der Waals surface area contributed by atoms with E-state index in [4.69, 9.17) is 14.2 Å². The van der Waals surface area contributed by atoms with E-state index in [0.29, 0.717) is 36.5 Å². The number of carbonyl (C=O) groups excluding carboxylic acids is 1. The fraction of sp³-hybridized carbons (Fsp3) is 0.389. The zero-order chi connectivity index (χ0) is 19.4. The molecule has 2 aliphatic rings. The number of methoxy groups -OCH3 is 2. The van der Waals surface area contributed by atoms with Crippen molar-refractivity contribution in [2.45, 2.75) is 25.7 Å². The lowest BCUT2D eigenvalue weighted by atomic mass is 10.0. The summed E-state index contributed by atoms with van der Waals surface area (Å²) in [6.07, 6.45) is 5.23. The smallest absolute Gasteiger partial charge is 0.418 e. The maximum Gasteiger partial charge on any atom is 0.418 e. The molecule has 9 heteroatoms. The standard InChI is InChI=1S/C18H21N3O6/c1-25-16(26-2)14-13(11-20-7-3-4-9-27-18(20)24)10-12-6-5-8-21(17(22)23)15(12)19-14/h3-4,7,9-10,16H,5-6,8,11H2,1-2H3,(H,22,23). The summed E-state index contributed by atoms with van der Waals surface area (Å²) >= 11 is 0. The van der Waals surface area contributed by atoms with Crippen LogP contribution in [0.15, 0.2) is 30.7 Å². The highest BCUT2D eigenvalue weighted by atomic mass is 16.7. The summed E-state index contributed by atoms with van der Waals surface area (Å²) in [5, 5.41) is 9.46. The van der Waals surface area contributed by atoms with Crippen LogP contribution in [0, 0.1) is 0 Å². The van der Waals surface area contributed by atoms with Gasteiger partial charge in [0.05, 0.1) is 12.8 Å². The lowest BCUT2D eigenvalue weighted by Gasteiger charge is -2.29. The van der Waals surface area contributed by atoms with E-state index in [9.17, 15) is 14.7 Å². The van der Waals surface area contributed by atoms with Gasteiger partial charge in [0.2, 0.25) is 6.29 Å². The molecule has 0 aliphatic carbocycles. The molecule has 0 saturated carbocycles. The van der Waals surface area contributed by atoms with Gasteiger partial charge in [-0.05, 0) is 42.2 Å². The Kier molecular flexibility index (Phi) is 5.72. The number of aryl methyl sites for hydroxylation is 1. The number of hydrogen-bond donors (Lipinski definition) is 1. The summed E-state index contributed by atoms with van der Waals surface area (Å²) in [7, 11) is 2.94. The first-order chi connectivity index (χ1) is 13.0. The van der Waals surface area contributed by atoms with Crippen molar-refractivity contribution in [3.8, 4) is 0 Å². The molecule has 3 heterocycles. The minimum absolute atomic E-state index is 0.183. The first-order valence-electron chi connectivity index (χ1n) is 8.44. The van der Waals surface area contributed by atoms with E-state index in [1.165, 1.54) is 30.3 Å². The van der Waals surface area contributed by atoms with Gasteiger partial charge < -0.3 is 19.3 Å². The number of anilines is 1. The Morgan fingerprint density at radius 1 is 1.37 bits per heavy atom. The van der Waals surface area contributed by atoms with Crippen LogP contribution in [0.3, 0.4) is 0 Å². The molecule has 0 spiro atoms. The number of aromatic nitrogens is 1. The maximum absolute atomic E-state index is 12.1. The van der Waals surface area contributed by atoms with Crippen LogP contribution in [-0.2, 0) is 27.2 Å². The van der Waals surface area contributed by atoms with Crippen LogP contribution in [0.2, 0.25) is 0 Å². The monoisotopic (exact) mass is 375 g/mol. The van der Waals surface area contributed by atoms with Crippen molar-refractivity contribution >= 4 is 18.0 Å². The Morgan fingerprint density at radius 2 is 2.15 bits per heavy atom. The molecular formula is C18H21N3O6. The number of carboxylic acid groups (broad SMARTS) is 1. The van der Waals surface area contributed by atoms with Crippen molar-refractivity contribution in [3.05, 3.63) is 47.5 Å². The predicted molar refractivity (Wildman–Crippen MR) is 95.0 cm³/mol. The lowest BCUT2D eigenvalue weighted by molar-refractivity contribution is -0.109. The number of cyclic esters (lactones) is 1. The summed E-state index contributed by atoms with van der Waals surface area (Å²) < 4.78 is 15.7. The molecule has 2 amide bonds. The van der Waals surface area contributed by atoms with Crippen LogP contribution in [0.4, 0.5) is 15.4 Å². The fourth-order valence-corrected chi connectivity index (χ4v) is 3.12. The highest BCUT2D eigenvalue weighted by Crippen LogP contribution is 2.31. The normalized spacial score (nSPS) is 16.3. The number of fused-ring (bicyclic) bond motifs is 1. The Balaban J connectivity index is 2.03. The van der Waals surface area contributed by atoms with Crippen LogP contribution < -0.4 is 4.90 Å². The van der Waals surface area contributed by atoms with Gasteiger partial charge in [-0.1, -0.05) is 0 Å². The quantitative estimate of drug-likeness (QED) is 0.790. The molecule has 27 heavy (non-hydrogen) atoms. The molecule has 1 N–H and O–H groups in total. The van der Waals surface area contributed by atoms with E-state index in [-0.39, 0.29) is 6.54 Å². The molecule has 0 atom stereocenters. The van der Waals surface area contributed by atoms with Crippen molar-refractivity contribution in [1.82, 2.24) is 9.88 Å². The molecule has 0 bridgehead atoms. The first-order valence-corrected chi connectivity index (χ1v) is 8.44. The molecule has 0 radical (unpaired) electrons. The van der Waals surface area contributed by atoms with Gasteiger partial charge in [0, 0.05) is 27.0 Å². The van der Waals surface area contributed by atoms with E-state index in [0.717, 1.165) is 5.56 Å². The third-order valence-corrected chi connectivity index (χ3v) is 4.36. The summed E-state index contributed by atoms with van der Waals surface area (Å²) in [5.41, 5.74) is 1.92. The Labute approximate surface area is 156 Å². The van der Waals surface area contributed by atoms with Crippen molar-refractivity contribution < 1.29 is 28.9 Å². The van der Waals surface area contributed by atoms with Crippen LogP contribution in [0.5, 0.6) is 0 Å². The third kappa shape index (κ3) is 3.93. The SMILES string of the molecule is COC(OC)c1nc2c(cc1CN1C=CC=COC1=O)CCCN2C(=O)O.